The van der Waals surface area contributed by atoms with Crippen molar-refractivity contribution in [1.29, 1.82) is 0 Å². The highest BCUT2D eigenvalue weighted by molar-refractivity contribution is 5.20. The highest BCUT2D eigenvalue weighted by atomic mass is 19.2. The SMILES string of the molecule is Cc1ncc(CNC(C)C)n1Cc1ccc(F)c(F)c1. The van der Waals surface area contributed by atoms with Crippen LogP contribution in [0.15, 0.2) is 24.4 Å². The van der Waals surface area contributed by atoms with Crippen LogP contribution < -0.4 is 5.32 Å². The molecule has 5 heteroatoms. The van der Waals surface area contributed by atoms with Crippen LogP contribution in [0.3, 0.4) is 0 Å². The molecule has 1 heterocycles. The lowest BCUT2D eigenvalue weighted by atomic mass is 10.2. The molecule has 0 unspecified atom stereocenters. The smallest absolute Gasteiger partial charge is 0.159 e. The van der Waals surface area contributed by atoms with Crippen LogP contribution in [0.4, 0.5) is 8.78 Å². The fourth-order valence-electron chi connectivity index (χ4n) is 2.00. The van der Waals surface area contributed by atoms with Crippen LogP contribution in [0.25, 0.3) is 0 Å². The molecule has 0 amide bonds. The normalized spacial score (nSPS) is 11.3. The molecule has 0 saturated carbocycles. The average Bonchev–Trinajstić information content (AvgIpc) is 2.73. The number of aromatic nitrogens is 2. The maximum atomic E-state index is 13.3. The van der Waals surface area contributed by atoms with Crippen molar-refractivity contribution in [1.82, 2.24) is 14.9 Å². The van der Waals surface area contributed by atoms with Gasteiger partial charge < -0.3 is 9.88 Å². The van der Waals surface area contributed by atoms with E-state index in [2.05, 4.69) is 24.1 Å². The summed E-state index contributed by atoms with van der Waals surface area (Å²) in [4.78, 5) is 4.29. The van der Waals surface area contributed by atoms with Gasteiger partial charge in [-0.1, -0.05) is 19.9 Å². The Morgan fingerprint density at radius 1 is 1.25 bits per heavy atom. The molecule has 0 aliphatic rings. The molecule has 1 aromatic carbocycles. The predicted molar refractivity (Wildman–Crippen MR) is 74.4 cm³/mol. The van der Waals surface area contributed by atoms with Crippen molar-refractivity contribution in [3.8, 4) is 0 Å². The first-order valence-electron chi connectivity index (χ1n) is 6.65. The number of aryl methyl sites for hydroxylation is 1. The van der Waals surface area contributed by atoms with E-state index in [0.717, 1.165) is 23.1 Å². The molecule has 0 atom stereocenters. The van der Waals surface area contributed by atoms with Gasteiger partial charge in [0.1, 0.15) is 5.82 Å². The third-order valence-electron chi connectivity index (χ3n) is 3.15. The Labute approximate surface area is 117 Å². The Balaban J connectivity index is 2.19. The summed E-state index contributed by atoms with van der Waals surface area (Å²) in [5.41, 5.74) is 1.75. The van der Waals surface area contributed by atoms with Crippen molar-refractivity contribution in [2.45, 2.75) is 39.9 Å². The van der Waals surface area contributed by atoms with E-state index in [1.807, 2.05) is 17.7 Å². The molecule has 20 heavy (non-hydrogen) atoms. The van der Waals surface area contributed by atoms with Gasteiger partial charge in [-0.05, 0) is 24.6 Å². The van der Waals surface area contributed by atoms with Gasteiger partial charge in [0.15, 0.2) is 11.6 Å². The summed E-state index contributed by atoms with van der Waals surface area (Å²) in [6.07, 6.45) is 1.81. The zero-order valence-corrected chi connectivity index (χ0v) is 12.0. The summed E-state index contributed by atoms with van der Waals surface area (Å²) in [6, 6.07) is 4.36. The first kappa shape index (κ1) is 14.7. The Bertz CT molecular complexity index is 591. The van der Waals surface area contributed by atoms with Gasteiger partial charge in [0, 0.05) is 25.3 Å². The molecular weight excluding hydrogens is 260 g/mol. The molecule has 1 N–H and O–H groups in total. The lowest BCUT2D eigenvalue weighted by Crippen LogP contribution is -2.23. The molecule has 0 aliphatic carbocycles. The number of halogens is 2. The molecule has 0 radical (unpaired) electrons. The van der Waals surface area contributed by atoms with E-state index in [0.29, 0.717) is 19.1 Å². The summed E-state index contributed by atoms with van der Waals surface area (Å²) >= 11 is 0. The molecule has 0 bridgehead atoms. The van der Waals surface area contributed by atoms with E-state index in [-0.39, 0.29) is 0 Å². The zero-order valence-electron chi connectivity index (χ0n) is 12.0. The summed E-state index contributed by atoms with van der Waals surface area (Å²) in [6.45, 7) is 7.23. The van der Waals surface area contributed by atoms with Crippen LogP contribution in [-0.4, -0.2) is 15.6 Å². The van der Waals surface area contributed by atoms with Gasteiger partial charge in [0.2, 0.25) is 0 Å². The summed E-state index contributed by atoms with van der Waals surface area (Å²) in [7, 11) is 0. The second-order valence-corrected chi connectivity index (χ2v) is 5.17. The van der Waals surface area contributed by atoms with Crippen molar-refractivity contribution < 1.29 is 8.78 Å². The van der Waals surface area contributed by atoms with Gasteiger partial charge >= 0.3 is 0 Å². The second-order valence-electron chi connectivity index (χ2n) is 5.17. The monoisotopic (exact) mass is 279 g/mol. The third-order valence-corrected chi connectivity index (χ3v) is 3.15. The second kappa shape index (κ2) is 6.13. The van der Waals surface area contributed by atoms with Crippen molar-refractivity contribution >= 4 is 0 Å². The van der Waals surface area contributed by atoms with Crippen LogP contribution >= 0.6 is 0 Å². The van der Waals surface area contributed by atoms with E-state index in [9.17, 15) is 8.78 Å². The number of rotatable bonds is 5. The van der Waals surface area contributed by atoms with E-state index in [1.165, 1.54) is 6.07 Å². The minimum absolute atomic E-state index is 0.377. The molecule has 108 valence electrons. The van der Waals surface area contributed by atoms with Gasteiger partial charge in [-0.25, -0.2) is 13.8 Å². The summed E-state index contributed by atoms with van der Waals surface area (Å²) in [5.74, 6) is -0.782. The average molecular weight is 279 g/mol. The molecule has 0 fully saturated rings. The fraction of sp³-hybridized carbons (Fsp3) is 0.400. The fourth-order valence-corrected chi connectivity index (χ4v) is 2.00. The molecule has 0 aliphatic heterocycles. The summed E-state index contributed by atoms with van der Waals surface area (Å²) < 4.78 is 28.2. The molecule has 2 aromatic rings. The van der Waals surface area contributed by atoms with Crippen LogP contribution in [-0.2, 0) is 13.1 Å². The van der Waals surface area contributed by atoms with E-state index in [1.54, 1.807) is 6.07 Å². The number of hydrogen-bond donors (Lipinski definition) is 1. The predicted octanol–water partition coefficient (Wildman–Crippen LogP) is 3.02. The lowest BCUT2D eigenvalue weighted by Gasteiger charge is -2.13. The topological polar surface area (TPSA) is 29.9 Å². The van der Waals surface area contributed by atoms with E-state index < -0.39 is 11.6 Å². The summed E-state index contributed by atoms with van der Waals surface area (Å²) in [5, 5.41) is 3.33. The maximum absolute atomic E-state index is 13.3. The number of nitrogens with one attached hydrogen (secondary N) is 1. The van der Waals surface area contributed by atoms with Crippen molar-refractivity contribution in [2.75, 3.05) is 0 Å². The van der Waals surface area contributed by atoms with Crippen LogP contribution in [0.1, 0.15) is 30.9 Å². The molecule has 3 nitrogen and oxygen atoms in total. The quantitative estimate of drug-likeness (QED) is 0.911. The Morgan fingerprint density at radius 2 is 2.00 bits per heavy atom. The standard InChI is InChI=1S/C15H19F2N3/c1-10(2)18-7-13-8-19-11(3)20(13)9-12-4-5-14(16)15(17)6-12/h4-6,8,10,18H,7,9H2,1-3H3. The molecule has 2 rings (SSSR count). The number of nitrogens with zero attached hydrogens (tertiary/aromatic N) is 2. The Hall–Kier alpha value is -1.75. The third kappa shape index (κ3) is 3.42. The number of hydrogen-bond acceptors (Lipinski definition) is 2. The van der Waals surface area contributed by atoms with Gasteiger partial charge in [-0.2, -0.15) is 0 Å². The van der Waals surface area contributed by atoms with Gasteiger partial charge in [-0.15, -0.1) is 0 Å². The van der Waals surface area contributed by atoms with Gasteiger partial charge in [-0.3, -0.25) is 0 Å². The largest absolute Gasteiger partial charge is 0.327 e. The zero-order chi connectivity index (χ0) is 14.7. The van der Waals surface area contributed by atoms with E-state index >= 15 is 0 Å². The van der Waals surface area contributed by atoms with Gasteiger partial charge in [0.25, 0.3) is 0 Å². The van der Waals surface area contributed by atoms with Crippen molar-refractivity contribution in [3.63, 3.8) is 0 Å². The highest BCUT2D eigenvalue weighted by Crippen LogP contribution is 2.13. The Kier molecular flexibility index (Phi) is 4.49. The minimum atomic E-state index is -0.821. The number of benzene rings is 1. The minimum Gasteiger partial charge on any atom is -0.327 e. The van der Waals surface area contributed by atoms with Crippen LogP contribution in [0.5, 0.6) is 0 Å². The highest BCUT2D eigenvalue weighted by Gasteiger charge is 2.09. The van der Waals surface area contributed by atoms with E-state index in [4.69, 9.17) is 0 Å². The molecule has 0 spiro atoms. The number of imidazole rings is 1. The first-order chi connectivity index (χ1) is 9.47. The molecular formula is C15H19F2N3. The van der Waals surface area contributed by atoms with Crippen LogP contribution in [0, 0.1) is 18.6 Å². The van der Waals surface area contributed by atoms with Crippen molar-refractivity contribution in [2.24, 2.45) is 0 Å². The molecule has 1 aromatic heterocycles. The lowest BCUT2D eigenvalue weighted by molar-refractivity contribution is 0.505. The van der Waals surface area contributed by atoms with Gasteiger partial charge in [0.05, 0.1) is 5.69 Å². The van der Waals surface area contributed by atoms with Crippen LogP contribution in [0.2, 0.25) is 0 Å². The van der Waals surface area contributed by atoms with Crippen molar-refractivity contribution in [3.05, 3.63) is 53.1 Å². The maximum Gasteiger partial charge on any atom is 0.159 e. The first-order valence-corrected chi connectivity index (χ1v) is 6.65. The Morgan fingerprint density at radius 3 is 2.65 bits per heavy atom. The molecule has 0 saturated heterocycles.